The molecule has 0 spiro atoms. The molecule has 2 aromatic rings. The van der Waals surface area contributed by atoms with Gasteiger partial charge in [-0.3, -0.25) is 4.79 Å². The van der Waals surface area contributed by atoms with E-state index in [1.54, 1.807) is 55.5 Å². The Kier molecular flexibility index (Phi) is 4.40. The van der Waals surface area contributed by atoms with Crippen molar-refractivity contribution in [2.45, 2.75) is 25.2 Å². The minimum absolute atomic E-state index is 0.0176. The molecule has 0 bridgehead atoms. The first-order chi connectivity index (χ1) is 11.9. The van der Waals surface area contributed by atoms with Gasteiger partial charge in [0.2, 0.25) is 0 Å². The normalized spacial score (nSPS) is 22.0. The van der Waals surface area contributed by atoms with Crippen molar-refractivity contribution in [2.24, 2.45) is 5.92 Å². The van der Waals surface area contributed by atoms with Crippen LogP contribution in [0.1, 0.15) is 57.0 Å². The average Bonchev–Trinajstić information content (AvgIpc) is 2.54. The number of benzene rings is 2. The fourth-order valence-corrected chi connectivity index (χ4v) is 3.60. The smallest absolute Gasteiger partial charge is 0.335 e. The predicted molar refractivity (Wildman–Crippen MR) is 91.1 cm³/mol. The molecule has 3 rings (SSSR count). The Balaban J connectivity index is 1.90. The second-order valence-electron chi connectivity index (χ2n) is 6.44. The highest BCUT2D eigenvalue weighted by molar-refractivity contribution is 5.88. The van der Waals surface area contributed by atoms with E-state index in [4.69, 9.17) is 10.2 Å². The van der Waals surface area contributed by atoms with Gasteiger partial charge in [-0.05, 0) is 54.7 Å². The molecular formula is C20H18O5. The van der Waals surface area contributed by atoms with Crippen LogP contribution in [0.4, 0.5) is 0 Å². The van der Waals surface area contributed by atoms with Crippen LogP contribution in [0.2, 0.25) is 0 Å². The highest BCUT2D eigenvalue weighted by Gasteiger charge is 2.44. The first-order valence-corrected chi connectivity index (χ1v) is 8.05. The van der Waals surface area contributed by atoms with Crippen LogP contribution in [0.15, 0.2) is 48.5 Å². The number of carboxylic acid groups (broad SMARTS) is 2. The summed E-state index contributed by atoms with van der Waals surface area (Å²) in [7, 11) is 0. The van der Waals surface area contributed by atoms with Gasteiger partial charge in [0.05, 0.1) is 11.1 Å². The van der Waals surface area contributed by atoms with Crippen LogP contribution in [0, 0.1) is 5.92 Å². The number of carbonyl (C=O) groups excluding carboxylic acids is 1. The van der Waals surface area contributed by atoms with Crippen LogP contribution < -0.4 is 0 Å². The van der Waals surface area contributed by atoms with Crippen LogP contribution in [-0.2, 0) is 4.79 Å². The summed E-state index contributed by atoms with van der Waals surface area (Å²) in [6, 6.07) is 13.4. The number of carbonyl (C=O) groups is 3. The molecule has 2 aromatic carbocycles. The molecule has 0 aliphatic heterocycles. The Morgan fingerprint density at radius 3 is 1.64 bits per heavy atom. The zero-order valence-electron chi connectivity index (χ0n) is 13.7. The van der Waals surface area contributed by atoms with Gasteiger partial charge in [0.25, 0.3) is 0 Å². The largest absolute Gasteiger partial charge is 0.478 e. The van der Waals surface area contributed by atoms with Gasteiger partial charge in [-0.15, -0.1) is 0 Å². The summed E-state index contributed by atoms with van der Waals surface area (Å²) in [5.74, 6) is -1.83. The molecule has 1 saturated carbocycles. The summed E-state index contributed by atoms with van der Waals surface area (Å²) in [5, 5.41) is 18.0. The summed E-state index contributed by atoms with van der Waals surface area (Å²) in [6.07, 6.45) is 0.715. The van der Waals surface area contributed by atoms with Crippen LogP contribution in [0.3, 0.4) is 0 Å². The second kappa shape index (κ2) is 6.51. The van der Waals surface area contributed by atoms with Gasteiger partial charge in [-0.2, -0.15) is 0 Å². The van der Waals surface area contributed by atoms with Crippen molar-refractivity contribution in [2.75, 3.05) is 0 Å². The fraction of sp³-hybridized carbons (Fsp3) is 0.250. The molecule has 3 atom stereocenters. The standard InChI is InChI=1S/C20H18O5/c1-11(21)16-10-17(12-2-6-14(7-3-12)19(22)23)18(16)13-4-8-15(9-5-13)20(24)25/h2-9,16-18H,10H2,1H3,(H,22,23)(H,24,25)/t16?,17-,18+/m0/s1. The van der Waals surface area contributed by atoms with Crippen LogP contribution in [0.5, 0.6) is 0 Å². The van der Waals surface area contributed by atoms with Crippen molar-refractivity contribution in [3.63, 3.8) is 0 Å². The van der Waals surface area contributed by atoms with E-state index in [2.05, 4.69) is 0 Å². The zero-order valence-corrected chi connectivity index (χ0v) is 13.7. The number of aromatic carboxylic acids is 2. The molecule has 2 N–H and O–H groups in total. The van der Waals surface area contributed by atoms with E-state index in [9.17, 15) is 14.4 Å². The maximum Gasteiger partial charge on any atom is 0.335 e. The molecule has 1 fully saturated rings. The van der Waals surface area contributed by atoms with Crippen molar-refractivity contribution >= 4 is 17.7 Å². The number of carboxylic acids is 2. The lowest BCUT2D eigenvalue weighted by molar-refractivity contribution is -0.124. The third-order valence-electron chi connectivity index (χ3n) is 5.03. The van der Waals surface area contributed by atoms with Gasteiger partial charge < -0.3 is 10.2 Å². The number of rotatable bonds is 5. The summed E-state index contributed by atoms with van der Waals surface area (Å²) in [4.78, 5) is 33.9. The third-order valence-corrected chi connectivity index (χ3v) is 5.03. The highest BCUT2D eigenvalue weighted by atomic mass is 16.4. The Labute approximate surface area is 144 Å². The van der Waals surface area contributed by atoms with Crippen LogP contribution in [0.25, 0.3) is 0 Å². The van der Waals surface area contributed by atoms with Crippen molar-refractivity contribution in [1.29, 1.82) is 0 Å². The molecule has 0 radical (unpaired) electrons. The molecule has 0 saturated heterocycles. The molecule has 5 nitrogen and oxygen atoms in total. The third kappa shape index (κ3) is 3.18. The van der Waals surface area contributed by atoms with E-state index >= 15 is 0 Å². The number of hydrogen-bond donors (Lipinski definition) is 2. The molecule has 25 heavy (non-hydrogen) atoms. The first kappa shape index (κ1) is 16.9. The quantitative estimate of drug-likeness (QED) is 0.870. The van der Waals surface area contributed by atoms with Crippen molar-refractivity contribution in [1.82, 2.24) is 0 Å². The topological polar surface area (TPSA) is 91.7 Å². The number of ketones is 1. The molecule has 1 aliphatic carbocycles. The highest BCUT2D eigenvalue weighted by Crippen LogP contribution is 2.53. The molecule has 0 amide bonds. The molecule has 5 heteroatoms. The van der Waals surface area contributed by atoms with Gasteiger partial charge in [-0.1, -0.05) is 24.3 Å². The van der Waals surface area contributed by atoms with Gasteiger partial charge in [0.15, 0.2) is 0 Å². The van der Waals surface area contributed by atoms with E-state index in [0.717, 1.165) is 11.1 Å². The first-order valence-electron chi connectivity index (χ1n) is 8.05. The SMILES string of the molecule is CC(=O)C1C[C@@H](c2ccc(C(=O)O)cc2)[C@@H]1c1ccc(C(=O)O)cc1. The lowest BCUT2D eigenvalue weighted by Gasteiger charge is -2.44. The van der Waals surface area contributed by atoms with E-state index in [1.807, 2.05) is 0 Å². The summed E-state index contributed by atoms with van der Waals surface area (Å²) < 4.78 is 0. The van der Waals surface area contributed by atoms with E-state index in [-0.39, 0.29) is 34.7 Å². The molecule has 0 heterocycles. The van der Waals surface area contributed by atoms with Crippen molar-refractivity contribution in [3.05, 3.63) is 70.8 Å². The van der Waals surface area contributed by atoms with E-state index < -0.39 is 11.9 Å². The maximum atomic E-state index is 11.9. The monoisotopic (exact) mass is 338 g/mol. The lowest BCUT2D eigenvalue weighted by Crippen LogP contribution is -2.37. The van der Waals surface area contributed by atoms with Gasteiger partial charge >= 0.3 is 11.9 Å². The summed E-state index contributed by atoms with van der Waals surface area (Å²) in [5.41, 5.74) is 2.37. The Morgan fingerprint density at radius 2 is 1.24 bits per heavy atom. The van der Waals surface area contributed by atoms with Crippen molar-refractivity contribution in [3.8, 4) is 0 Å². The summed E-state index contributed by atoms with van der Waals surface area (Å²) >= 11 is 0. The molecule has 0 aromatic heterocycles. The molecule has 1 aliphatic rings. The maximum absolute atomic E-state index is 11.9. The van der Waals surface area contributed by atoms with E-state index in [0.29, 0.717) is 6.42 Å². The van der Waals surface area contributed by atoms with E-state index in [1.165, 1.54) is 0 Å². The average molecular weight is 338 g/mol. The number of Topliss-reactive ketones (excluding diaryl/α,β-unsaturated/α-hetero) is 1. The lowest BCUT2D eigenvalue weighted by atomic mass is 9.58. The van der Waals surface area contributed by atoms with Gasteiger partial charge in [-0.25, -0.2) is 9.59 Å². The Morgan fingerprint density at radius 1 is 0.800 bits per heavy atom. The number of hydrogen-bond acceptors (Lipinski definition) is 3. The van der Waals surface area contributed by atoms with Gasteiger partial charge in [0.1, 0.15) is 5.78 Å². The fourth-order valence-electron chi connectivity index (χ4n) is 3.60. The van der Waals surface area contributed by atoms with Crippen molar-refractivity contribution < 1.29 is 24.6 Å². The van der Waals surface area contributed by atoms with Crippen LogP contribution >= 0.6 is 0 Å². The van der Waals surface area contributed by atoms with Crippen LogP contribution in [-0.4, -0.2) is 27.9 Å². The Bertz CT molecular complexity index is 820. The molecule has 128 valence electrons. The second-order valence-corrected chi connectivity index (χ2v) is 6.44. The minimum Gasteiger partial charge on any atom is -0.478 e. The Hall–Kier alpha value is -2.95. The van der Waals surface area contributed by atoms with Gasteiger partial charge in [0, 0.05) is 11.8 Å². The summed E-state index contributed by atoms with van der Waals surface area (Å²) in [6.45, 7) is 1.58. The predicted octanol–water partition coefficient (Wildman–Crippen LogP) is 3.56. The minimum atomic E-state index is -0.982. The molecule has 1 unspecified atom stereocenters. The zero-order chi connectivity index (χ0) is 18.1. The molecular weight excluding hydrogens is 320 g/mol.